The molecule has 0 bridgehead atoms. The molecule has 1 fully saturated rings. The van der Waals surface area contributed by atoms with E-state index in [1.165, 1.54) is 0 Å². The Kier molecular flexibility index (Phi) is 2.31. The zero-order valence-electron chi connectivity index (χ0n) is 7.35. The molecular weight excluding hydrogens is 168 g/mol. The third-order valence-corrected chi connectivity index (χ3v) is 2.10. The lowest BCUT2D eigenvalue weighted by atomic mass is 10.4. The Balaban J connectivity index is 2.14. The van der Waals surface area contributed by atoms with Crippen LogP contribution in [-0.4, -0.2) is 31.0 Å². The molecule has 0 aliphatic carbocycles. The molecule has 0 radical (unpaired) electrons. The zero-order valence-corrected chi connectivity index (χ0v) is 7.35. The Morgan fingerprint density at radius 3 is 2.38 bits per heavy atom. The highest BCUT2D eigenvalue weighted by Crippen LogP contribution is 1.95. The summed E-state index contributed by atoms with van der Waals surface area (Å²) in [4.78, 5) is 10.8. The summed E-state index contributed by atoms with van der Waals surface area (Å²) in [6.45, 7) is 3.27. The Hall–Kier alpha value is -1.29. The molecule has 1 aliphatic rings. The van der Waals surface area contributed by atoms with E-state index in [1.54, 1.807) is 24.5 Å². The van der Waals surface area contributed by atoms with Crippen molar-refractivity contribution in [2.75, 3.05) is 31.3 Å². The summed E-state index contributed by atoms with van der Waals surface area (Å²) in [6.07, 6.45) is 3.57. The number of nitrogens with zero attached hydrogens (tertiary/aromatic N) is 2. The minimum absolute atomic E-state index is 0.0458. The largest absolute Gasteiger partial charge is 0.378 e. The Morgan fingerprint density at radius 2 is 1.77 bits per heavy atom. The van der Waals surface area contributed by atoms with Crippen molar-refractivity contribution in [2.24, 2.45) is 0 Å². The number of hydrogen-bond donors (Lipinski definition) is 0. The molecule has 0 unspecified atom stereocenters. The highest BCUT2D eigenvalue weighted by atomic mass is 16.5. The topological polar surface area (TPSA) is 34.5 Å². The summed E-state index contributed by atoms with van der Waals surface area (Å²) in [7, 11) is 0. The summed E-state index contributed by atoms with van der Waals surface area (Å²) < 4.78 is 7.16. The predicted molar refractivity (Wildman–Crippen MR) is 49.5 cm³/mol. The maximum atomic E-state index is 10.8. The zero-order chi connectivity index (χ0) is 9.10. The molecule has 0 N–H and O–H groups in total. The molecule has 0 saturated carbocycles. The fourth-order valence-corrected chi connectivity index (χ4v) is 1.38. The number of ether oxygens (including phenoxy) is 1. The van der Waals surface area contributed by atoms with Gasteiger partial charge in [0.15, 0.2) is 5.43 Å². The van der Waals surface area contributed by atoms with E-state index < -0.39 is 0 Å². The molecule has 1 aromatic heterocycles. The predicted octanol–water partition coefficient (Wildman–Crippen LogP) is -0.184. The van der Waals surface area contributed by atoms with Gasteiger partial charge >= 0.3 is 0 Å². The fraction of sp³-hybridized carbons (Fsp3) is 0.444. The molecule has 70 valence electrons. The van der Waals surface area contributed by atoms with E-state index in [0.29, 0.717) is 0 Å². The highest BCUT2D eigenvalue weighted by molar-refractivity contribution is 4.99. The van der Waals surface area contributed by atoms with Gasteiger partial charge in [0.2, 0.25) is 0 Å². The quantitative estimate of drug-likeness (QED) is 0.601. The van der Waals surface area contributed by atoms with Gasteiger partial charge in [-0.15, -0.1) is 0 Å². The highest BCUT2D eigenvalue weighted by Gasteiger charge is 2.08. The molecule has 0 amide bonds. The molecule has 2 rings (SSSR count). The summed E-state index contributed by atoms with van der Waals surface area (Å²) in [5.74, 6) is 0. The smallest absolute Gasteiger partial charge is 0.181 e. The van der Waals surface area contributed by atoms with Crippen LogP contribution in [0.25, 0.3) is 0 Å². The van der Waals surface area contributed by atoms with Crippen LogP contribution in [0.2, 0.25) is 0 Å². The summed E-state index contributed by atoms with van der Waals surface area (Å²) in [6, 6.07) is 3.13. The van der Waals surface area contributed by atoms with Crippen LogP contribution < -0.4 is 10.4 Å². The molecule has 13 heavy (non-hydrogen) atoms. The van der Waals surface area contributed by atoms with Crippen molar-refractivity contribution >= 4 is 0 Å². The molecular formula is C9H12N2O2. The van der Waals surface area contributed by atoms with Crippen LogP contribution in [0.4, 0.5) is 0 Å². The van der Waals surface area contributed by atoms with Crippen LogP contribution >= 0.6 is 0 Å². The second-order valence-corrected chi connectivity index (χ2v) is 2.98. The van der Waals surface area contributed by atoms with Crippen molar-refractivity contribution in [3.05, 3.63) is 34.7 Å². The standard InChI is InChI=1S/C9H12N2O2/c12-9-1-3-10(4-2-9)11-5-7-13-8-6-11/h1-4H,5-8H2. The number of hydrogen-bond acceptors (Lipinski definition) is 3. The maximum Gasteiger partial charge on any atom is 0.181 e. The first kappa shape index (κ1) is 8.31. The summed E-state index contributed by atoms with van der Waals surface area (Å²) in [5.41, 5.74) is 0.0458. The maximum absolute atomic E-state index is 10.8. The third kappa shape index (κ3) is 1.89. The number of morpholine rings is 1. The SMILES string of the molecule is O=c1ccn(N2CCOCC2)cc1. The molecule has 1 aromatic rings. The van der Waals surface area contributed by atoms with Gasteiger partial charge in [0, 0.05) is 24.5 Å². The molecule has 2 heterocycles. The number of pyridine rings is 1. The lowest BCUT2D eigenvalue weighted by molar-refractivity contribution is 0.111. The van der Waals surface area contributed by atoms with Gasteiger partial charge in [0.1, 0.15) is 0 Å². The molecule has 1 saturated heterocycles. The second-order valence-electron chi connectivity index (χ2n) is 2.98. The van der Waals surface area contributed by atoms with Crippen molar-refractivity contribution in [3.63, 3.8) is 0 Å². The number of aromatic nitrogens is 1. The van der Waals surface area contributed by atoms with Crippen LogP contribution in [0.3, 0.4) is 0 Å². The van der Waals surface area contributed by atoms with E-state index >= 15 is 0 Å². The lowest BCUT2D eigenvalue weighted by Crippen LogP contribution is -2.43. The van der Waals surface area contributed by atoms with Crippen molar-refractivity contribution in [1.29, 1.82) is 0 Å². The van der Waals surface area contributed by atoms with Crippen LogP contribution in [0.1, 0.15) is 0 Å². The van der Waals surface area contributed by atoms with Gasteiger partial charge < -0.3 is 9.75 Å². The Morgan fingerprint density at radius 1 is 1.15 bits per heavy atom. The van der Waals surface area contributed by atoms with E-state index in [9.17, 15) is 4.79 Å². The van der Waals surface area contributed by atoms with Crippen LogP contribution in [0, 0.1) is 0 Å². The fourth-order valence-electron chi connectivity index (χ4n) is 1.38. The first-order valence-corrected chi connectivity index (χ1v) is 4.37. The minimum atomic E-state index is 0.0458. The molecule has 4 nitrogen and oxygen atoms in total. The molecule has 0 spiro atoms. The van der Waals surface area contributed by atoms with Crippen LogP contribution in [0.5, 0.6) is 0 Å². The van der Waals surface area contributed by atoms with Gasteiger partial charge in [-0.25, -0.2) is 0 Å². The van der Waals surface area contributed by atoms with E-state index in [-0.39, 0.29) is 5.43 Å². The Labute approximate surface area is 76.3 Å². The first-order valence-electron chi connectivity index (χ1n) is 4.37. The summed E-state index contributed by atoms with van der Waals surface area (Å²) >= 11 is 0. The molecule has 4 heteroatoms. The van der Waals surface area contributed by atoms with E-state index in [2.05, 4.69) is 5.01 Å². The van der Waals surface area contributed by atoms with Crippen molar-refractivity contribution in [2.45, 2.75) is 0 Å². The van der Waals surface area contributed by atoms with E-state index in [1.807, 2.05) is 4.68 Å². The van der Waals surface area contributed by atoms with Gasteiger partial charge in [-0.2, -0.15) is 0 Å². The van der Waals surface area contributed by atoms with Gasteiger partial charge in [0.05, 0.1) is 26.3 Å². The second kappa shape index (κ2) is 3.62. The molecule has 0 aromatic carbocycles. The third-order valence-electron chi connectivity index (χ3n) is 2.10. The van der Waals surface area contributed by atoms with Crippen LogP contribution in [-0.2, 0) is 4.74 Å². The first-order chi connectivity index (χ1) is 6.36. The van der Waals surface area contributed by atoms with Crippen molar-refractivity contribution in [1.82, 2.24) is 4.68 Å². The average molecular weight is 180 g/mol. The summed E-state index contributed by atoms with van der Waals surface area (Å²) in [5, 5.41) is 2.14. The molecule has 0 atom stereocenters. The van der Waals surface area contributed by atoms with Gasteiger partial charge in [-0.05, 0) is 0 Å². The van der Waals surface area contributed by atoms with E-state index in [0.717, 1.165) is 26.3 Å². The number of rotatable bonds is 1. The lowest BCUT2D eigenvalue weighted by Gasteiger charge is -2.30. The Bertz CT molecular complexity index is 308. The van der Waals surface area contributed by atoms with Crippen molar-refractivity contribution in [3.8, 4) is 0 Å². The van der Waals surface area contributed by atoms with E-state index in [4.69, 9.17) is 4.74 Å². The molecule has 1 aliphatic heterocycles. The van der Waals surface area contributed by atoms with Gasteiger partial charge in [0.25, 0.3) is 0 Å². The van der Waals surface area contributed by atoms with Gasteiger partial charge in [-0.1, -0.05) is 0 Å². The van der Waals surface area contributed by atoms with Gasteiger partial charge in [-0.3, -0.25) is 9.47 Å². The monoisotopic (exact) mass is 180 g/mol. The normalized spacial score (nSPS) is 17.4. The minimum Gasteiger partial charge on any atom is -0.378 e. The average Bonchev–Trinajstić information content (AvgIpc) is 2.20. The van der Waals surface area contributed by atoms with Crippen LogP contribution in [0.15, 0.2) is 29.3 Å². The van der Waals surface area contributed by atoms with Crippen molar-refractivity contribution < 1.29 is 4.74 Å².